The van der Waals surface area contributed by atoms with E-state index in [9.17, 15) is 15.0 Å². The molecule has 3 N–H and O–H groups in total. The van der Waals surface area contributed by atoms with Gasteiger partial charge in [-0.15, -0.1) is 0 Å². The highest BCUT2D eigenvalue weighted by molar-refractivity contribution is 5.98. The Morgan fingerprint density at radius 1 is 1.47 bits per heavy atom. The van der Waals surface area contributed by atoms with E-state index in [1.807, 2.05) is 6.92 Å². The van der Waals surface area contributed by atoms with Crippen LogP contribution in [0.2, 0.25) is 0 Å². The molecular formula is C13H19N3O3. The van der Waals surface area contributed by atoms with Gasteiger partial charge in [0.1, 0.15) is 5.82 Å². The maximum Gasteiger partial charge on any atom is 0.257 e. The van der Waals surface area contributed by atoms with Crippen LogP contribution in [0.1, 0.15) is 23.7 Å². The molecule has 0 aromatic carbocycles. The first-order valence-corrected chi connectivity index (χ1v) is 6.47. The normalized spacial score (nSPS) is 22.6. The summed E-state index contributed by atoms with van der Waals surface area (Å²) in [5, 5.41) is 22.1. The molecule has 2 atom stereocenters. The first kappa shape index (κ1) is 13.8. The molecule has 6 heteroatoms. The fraction of sp³-hybridized carbons (Fsp3) is 0.538. The smallest absolute Gasteiger partial charge is 0.257 e. The van der Waals surface area contributed by atoms with E-state index in [1.54, 1.807) is 18.3 Å². The molecular weight excluding hydrogens is 246 g/mol. The van der Waals surface area contributed by atoms with Crippen LogP contribution in [0.25, 0.3) is 0 Å². The molecule has 2 heterocycles. The molecule has 1 aromatic heterocycles. The zero-order valence-electron chi connectivity index (χ0n) is 10.9. The number of β-amino-alcohol motifs (C(OH)–C–C–N with tert-alkyl or cyclic N) is 2. The second kappa shape index (κ2) is 5.99. The summed E-state index contributed by atoms with van der Waals surface area (Å²) in [6, 6.07) is 3.40. The van der Waals surface area contributed by atoms with E-state index in [-0.39, 0.29) is 19.0 Å². The summed E-state index contributed by atoms with van der Waals surface area (Å²) in [7, 11) is 0. The summed E-state index contributed by atoms with van der Waals surface area (Å²) in [5.41, 5.74) is 0.470. The van der Waals surface area contributed by atoms with Crippen molar-refractivity contribution in [3.05, 3.63) is 23.9 Å². The number of nitrogens with zero attached hydrogens (tertiary/aromatic N) is 2. The van der Waals surface area contributed by atoms with Crippen molar-refractivity contribution in [2.75, 3.05) is 25.0 Å². The molecule has 1 aromatic rings. The Morgan fingerprint density at radius 2 is 2.16 bits per heavy atom. The summed E-state index contributed by atoms with van der Waals surface area (Å²) in [4.78, 5) is 18.0. The molecule has 104 valence electrons. The minimum Gasteiger partial charge on any atom is -0.388 e. The van der Waals surface area contributed by atoms with Crippen LogP contribution in [0.3, 0.4) is 0 Å². The highest BCUT2D eigenvalue weighted by atomic mass is 16.3. The van der Waals surface area contributed by atoms with Crippen LogP contribution in [0.5, 0.6) is 0 Å². The first-order valence-electron chi connectivity index (χ1n) is 6.47. The Balaban J connectivity index is 2.15. The van der Waals surface area contributed by atoms with Crippen LogP contribution >= 0.6 is 0 Å². The summed E-state index contributed by atoms with van der Waals surface area (Å²) in [6.07, 6.45) is 0.827. The molecule has 1 aliphatic heterocycles. The molecule has 0 saturated carbocycles. The van der Waals surface area contributed by atoms with Crippen LogP contribution < -0.4 is 5.32 Å². The van der Waals surface area contributed by atoms with Gasteiger partial charge in [0.25, 0.3) is 5.91 Å². The van der Waals surface area contributed by atoms with Crippen LogP contribution in [0, 0.1) is 0 Å². The highest BCUT2D eigenvalue weighted by Crippen LogP contribution is 2.18. The second-order valence-corrected chi connectivity index (χ2v) is 4.67. The van der Waals surface area contributed by atoms with E-state index < -0.39 is 12.2 Å². The fourth-order valence-electron chi connectivity index (χ4n) is 2.07. The zero-order chi connectivity index (χ0) is 13.8. The van der Waals surface area contributed by atoms with Crippen LogP contribution in [-0.2, 0) is 0 Å². The van der Waals surface area contributed by atoms with E-state index in [0.29, 0.717) is 11.4 Å². The number of likely N-dealkylation sites (tertiary alicyclic amines) is 1. The summed E-state index contributed by atoms with van der Waals surface area (Å²) >= 11 is 0. The van der Waals surface area contributed by atoms with E-state index >= 15 is 0 Å². The summed E-state index contributed by atoms with van der Waals surface area (Å²) in [6.45, 7) is 3.08. The number of amides is 1. The van der Waals surface area contributed by atoms with Gasteiger partial charge in [-0.3, -0.25) is 4.79 Å². The SMILES string of the molecule is CCCNc1ncccc1C(=O)N1CC(O)C(O)C1. The fourth-order valence-corrected chi connectivity index (χ4v) is 2.07. The van der Waals surface area contributed by atoms with Crippen molar-refractivity contribution in [3.8, 4) is 0 Å². The van der Waals surface area contributed by atoms with Crippen molar-refractivity contribution < 1.29 is 15.0 Å². The lowest BCUT2D eigenvalue weighted by molar-refractivity contribution is 0.0572. The second-order valence-electron chi connectivity index (χ2n) is 4.67. The van der Waals surface area contributed by atoms with Crippen LogP contribution in [0.4, 0.5) is 5.82 Å². The van der Waals surface area contributed by atoms with Gasteiger partial charge in [0.15, 0.2) is 0 Å². The van der Waals surface area contributed by atoms with Crippen molar-refractivity contribution >= 4 is 11.7 Å². The summed E-state index contributed by atoms with van der Waals surface area (Å²) in [5.74, 6) is 0.326. The Labute approximate surface area is 112 Å². The lowest BCUT2D eigenvalue weighted by Gasteiger charge is -2.17. The number of aliphatic hydroxyl groups excluding tert-OH is 2. The van der Waals surface area contributed by atoms with Gasteiger partial charge in [0, 0.05) is 25.8 Å². The Morgan fingerprint density at radius 3 is 2.79 bits per heavy atom. The summed E-state index contributed by atoms with van der Waals surface area (Å²) < 4.78 is 0. The number of carbonyl (C=O) groups excluding carboxylic acids is 1. The van der Waals surface area contributed by atoms with Crippen molar-refractivity contribution in [3.63, 3.8) is 0 Å². The lowest BCUT2D eigenvalue weighted by atomic mass is 10.2. The number of aliphatic hydroxyl groups is 2. The minimum atomic E-state index is -0.868. The Bertz CT molecular complexity index is 443. The van der Waals surface area contributed by atoms with Crippen LogP contribution in [-0.4, -0.2) is 57.8 Å². The van der Waals surface area contributed by atoms with Crippen molar-refractivity contribution in [1.29, 1.82) is 0 Å². The average Bonchev–Trinajstić information content (AvgIpc) is 2.76. The van der Waals surface area contributed by atoms with Crippen molar-refractivity contribution in [2.45, 2.75) is 25.6 Å². The molecule has 0 spiro atoms. The number of pyridine rings is 1. The lowest BCUT2D eigenvalue weighted by Crippen LogP contribution is -2.30. The third kappa shape index (κ3) is 3.02. The van der Waals surface area contributed by atoms with Crippen molar-refractivity contribution in [2.24, 2.45) is 0 Å². The monoisotopic (exact) mass is 265 g/mol. The number of hydrogen-bond acceptors (Lipinski definition) is 5. The predicted octanol–water partition coefficient (Wildman–Crippen LogP) is 0.0811. The first-order chi connectivity index (χ1) is 9.13. The van der Waals surface area contributed by atoms with Crippen molar-refractivity contribution in [1.82, 2.24) is 9.88 Å². The molecule has 0 aliphatic carbocycles. The molecule has 0 bridgehead atoms. The predicted molar refractivity (Wildman–Crippen MR) is 70.9 cm³/mol. The maximum absolute atomic E-state index is 12.3. The highest BCUT2D eigenvalue weighted by Gasteiger charge is 2.33. The number of hydrogen-bond donors (Lipinski definition) is 3. The van der Waals surface area contributed by atoms with Gasteiger partial charge in [-0.25, -0.2) is 4.98 Å². The molecule has 19 heavy (non-hydrogen) atoms. The largest absolute Gasteiger partial charge is 0.388 e. The number of anilines is 1. The van der Waals surface area contributed by atoms with Gasteiger partial charge in [-0.1, -0.05) is 6.92 Å². The van der Waals surface area contributed by atoms with E-state index in [4.69, 9.17) is 0 Å². The molecule has 1 fully saturated rings. The Kier molecular flexibility index (Phi) is 4.34. The average molecular weight is 265 g/mol. The molecule has 1 amide bonds. The van der Waals surface area contributed by atoms with Gasteiger partial charge in [-0.2, -0.15) is 0 Å². The van der Waals surface area contributed by atoms with Gasteiger partial charge in [-0.05, 0) is 18.6 Å². The van der Waals surface area contributed by atoms with Gasteiger partial charge < -0.3 is 20.4 Å². The topological polar surface area (TPSA) is 85.7 Å². The van der Waals surface area contributed by atoms with Crippen LogP contribution in [0.15, 0.2) is 18.3 Å². The van der Waals surface area contributed by atoms with E-state index in [2.05, 4.69) is 10.3 Å². The third-order valence-corrected chi connectivity index (χ3v) is 3.13. The number of aromatic nitrogens is 1. The molecule has 1 aliphatic rings. The minimum absolute atomic E-state index is 0.155. The van der Waals surface area contributed by atoms with Gasteiger partial charge in [0.2, 0.25) is 0 Å². The number of rotatable bonds is 4. The maximum atomic E-state index is 12.3. The molecule has 2 unspecified atom stereocenters. The molecule has 2 rings (SSSR count). The third-order valence-electron chi connectivity index (χ3n) is 3.13. The number of carbonyl (C=O) groups is 1. The molecule has 0 radical (unpaired) electrons. The molecule has 1 saturated heterocycles. The van der Waals surface area contributed by atoms with Gasteiger partial charge in [0.05, 0.1) is 17.8 Å². The standard InChI is InChI=1S/C13H19N3O3/c1-2-5-14-12-9(4-3-6-15-12)13(19)16-7-10(17)11(18)8-16/h3-4,6,10-11,17-18H,2,5,7-8H2,1H3,(H,14,15). The Hall–Kier alpha value is -1.66. The quantitative estimate of drug-likeness (QED) is 0.718. The van der Waals surface area contributed by atoms with E-state index in [1.165, 1.54) is 4.90 Å². The van der Waals surface area contributed by atoms with E-state index in [0.717, 1.165) is 13.0 Å². The molecule has 6 nitrogen and oxygen atoms in total. The zero-order valence-corrected chi connectivity index (χ0v) is 10.9. The number of nitrogens with one attached hydrogen (secondary N) is 1. The van der Waals surface area contributed by atoms with Gasteiger partial charge >= 0.3 is 0 Å².